The van der Waals surface area contributed by atoms with Crippen LogP contribution in [-0.4, -0.2) is 51.1 Å². The number of aromatic hydroxyl groups is 1. The topological polar surface area (TPSA) is 141 Å². The molecule has 9 nitrogen and oxygen atoms in total. The van der Waals surface area contributed by atoms with Crippen molar-refractivity contribution in [3.05, 3.63) is 57.2 Å². The van der Waals surface area contributed by atoms with Gasteiger partial charge in [-0.3, -0.25) is 14.6 Å². The highest BCUT2D eigenvalue weighted by molar-refractivity contribution is 7.46. The highest BCUT2D eigenvalue weighted by atomic mass is 35.5. The third-order valence-corrected chi connectivity index (χ3v) is 5.99. The Morgan fingerprint density at radius 2 is 2.12 bits per heavy atom. The molecule has 2 heterocycles. The number of piperidine rings is 1. The van der Waals surface area contributed by atoms with Gasteiger partial charge >= 0.3 is 7.82 Å². The average molecular weight is 485 g/mol. The number of benzene rings is 2. The molecule has 0 saturated carbocycles. The summed E-state index contributed by atoms with van der Waals surface area (Å²) in [4.78, 5) is 33.3. The zero-order valence-corrected chi connectivity index (χ0v) is 18.1. The SMILES string of the molecule is [2H]c1c(O)c([C@H]2CCN(C([2H])[2H])C[C@H]2O)c2oc(-c3ccccc3Cl)cc(=O)c2c1OP(=O)(O)O. The first-order chi connectivity index (χ1) is 16.4. The number of phosphoric ester groups is 1. The van der Waals surface area contributed by atoms with Crippen LogP contribution in [0.15, 0.2) is 45.6 Å². The number of phosphoric acid groups is 1. The van der Waals surface area contributed by atoms with Crippen LogP contribution >= 0.6 is 19.4 Å². The Morgan fingerprint density at radius 3 is 2.78 bits per heavy atom. The van der Waals surface area contributed by atoms with Gasteiger partial charge in [0.25, 0.3) is 0 Å². The van der Waals surface area contributed by atoms with Crippen LogP contribution in [0.2, 0.25) is 5.02 Å². The number of rotatable bonds is 4. The van der Waals surface area contributed by atoms with Crippen molar-refractivity contribution in [3.63, 3.8) is 0 Å². The number of phenols is 1. The Bertz CT molecular complexity index is 1400. The molecule has 1 aliphatic rings. The smallest absolute Gasteiger partial charge is 0.507 e. The maximum Gasteiger partial charge on any atom is 0.524 e. The number of likely N-dealkylation sites (tertiary alicyclic amines) is 1. The summed E-state index contributed by atoms with van der Waals surface area (Å²) < 4.78 is 45.5. The maximum atomic E-state index is 13.2. The average Bonchev–Trinajstić information content (AvgIpc) is 2.77. The Morgan fingerprint density at radius 1 is 1.38 bits per heavy atom. The summed E-state index contributed by atoms with van der Waals surface area (Å²) in [5, 5.41) is 21.5. The van der Waals surface area contributed by atoms with Gasteiger partial charge in [-0.15, -0.1) is 0 Å². The lowest BCUT2D eigenvalue weighted by atomic mass is 9.85. The Hall–Kier alpha value is -2.39. The van der Waals surface area contributed by atoms with E-state index >= 15 is 0 Å². The van der Waals surface area contributed by atoms with Gasteiger partial charge < -0.3 is 24.1 Å². The lowest BCUT2D eigenvalue weighted by molar-refractivity contribution is 0.0630. The van der Waals surface area contributed by atoms with Gasteiger partial charge in [-0.1, -0.05) is 23.7 Å². The van der Waals surface area contributed by atoms with Crippen molar-refractivity contribution in [1.29, 1.82) is 0 Å². The molecule has 4 N–H and O–H groups in total. The van der Waals surface area contributed by atoms with Crippen molar-refractivity contribution >= 4 is 30.4 Å². The summed E-state index contributed by atoms with van der Waals surface area (Å²) in [7, 11) is -5.25. The molecule has 1 fully saturated rings. The van der Waals surface area contributed by atoms with E-state index in [1.54, 1.807) is 24.3 Å². The molecule has 2 aromatic carbocycles. The number of likely N-dealkylation sites (N-methyl/N-ethyl adjacent to an activating group) is 1. The van der Waals surface area contributed by atoms with Crippen LogP contribution < -0.4 is 9.95 Å². The molecule has 3 aromatic rings. The van der Waals surface area contributed by atoms with Gasteiger partial charge in [0.2, 0.25) is 0 Å². The van der Waals surface area contributed by atoms with Gasteiger partial charge in [0, 0.05) is 38.4 Å². The van der Waals surface area contributed by atoms with Gasteiger partial charge in [0.15, 0.2) is 5.43 Å². The number of aliphatic hydroxyl groups is 1. The van der Waals surface area contributed by atoms with Crippen LogP contribution in [0.25, 0.3) is 22.3 Å². The minimum atomic E-state index is -5.25. The van der Waals surface area contributed by atoms with E-state index in [2.05, 4.69) is 4.52 Å². The van der Waals surface area contributed by atoms with E-state index in [1.807, 2.05) is 0 Å². The van der Waals surface area contributed by atoms with E-state index in [9.17, 15) is 29.4 Å². The lowest BCUT2D eigenvalue weighted by Gasteiger charge is -2.34. The Balaban J connectivity index is 2.03. The predicted octanol–water partition coefficient (Wildman–Crippen LogP) is 3.07. The number of nitrogens with zero attached hydrogens (tertiary/aromatic N) is 1. The number of fused-ring (bicyclic) bond motifs is 1. The van der Waals surface area contributed by atoms with Crippen LogP contribution in [0.3, 0.4) is 0 Å². The second-order valence-electron chi connectivity index (χ2n) is 7.41. The fraction of sp³-hybridized carbons (Fsp3) is 0.286. The second-order valence-corrected chi connectivity index (χ2v) is 8.99. The van der Waals surface area contributed by atoms with Crippen molar-refractivity contribution in [1.82, 2.24) is 4.90 Å². The van der Waals surface area contributed by atoms with Gasteiger partial charge in [-0.25, -0.2) is 4.57 Å². The molecule has 4 rings (SSSR count). The third kappa shape index (κ3) is 4.41. The maximum absolute atomic E-state index is 13.2. The fourth-order valence-corrected chi connectivity index (χ4v) is 4.46. The molecule has 11 heteroatoms. The zero-order valence-electron chi connectivity index (χ0n) is 19.4. The molecule has 0 aliphatic carbocycles. The number of hydrogen-bond acceptors (Lipinski definition) is 7. The molecular formula is C21H21ClNO8P. The van der Waals surface area contributed by atoms with Crippen LogP contribution in [0.1, 0.15) is 22.0 Å². The minimum Gasteiger partial charge on any atom is -0.507 e. The van der Waals surface area contributed by atoms with E-state index in [1.165, 1.54) is 4.90 Å². The van der Waals surface area contributed by atoms with Gasteiger partial charge in [-0.05, 0) is 32.1 Å². The highest BCUT2D eigenvalue weighted by Crippen LogP contribution is 2.47. The van der Waals surface area contributed by atoms with Crippen LogP contribution in [0.4, 0.5) is 0 Å². The number of aliphatic hydroxyl groups excluding tert-OH is 1. The van der Waals surface area contributed by atoms with Crippen molar-refractivity contribution < 1.29 is 37.6 Å². The molecule has 170 valence electrons. The third-order valence-electron chi connectivity index (χ3n) is 5.24. The second kappa shape index (κ2) is 8.51. The minimum absolute atomic E-state index is 0.0158. The molecule has 0 radical (unpaired) electrons. The number of phenolic OH excluding ortho intramolecular Hbond substituents is 1. The number of β-amino-alcohol motifs (C(OH)–C–C–N with tert-alkyl or cyclic N) is 1. The molecule has 1 aromatic heterocycles. The Kier molecular flexibility index (Phi) is 5.09. The van der Waals surface area contributed by atoms with Gasteiger partial charge in [-0.2, -0.15) is 0 Å². The highest BCUT2D eigenvalue weighted by Gasteiger charge is 2.34. The van der Waals surface area contributed by atoms with E-state index in [4.69, 9.17) is 20.1 Å². The lowest BCUT2D eigenvalue weighted by Crippen LogP contribution is -2.40. The quantitative estimate of drug-likeness (QED) is 0.411. The summed E-state index contributed by atoms with van der Waals surface area (Å²) in [6.07, 6.45) is -1.07. The molecule has 0 bridgehead atoms. The van der Waals surface area contributed by atoms with Gasteiger partial charge in [0.05, 0.1) is 12.5 Å². The summed E-state index contributed by atoms with van der Waals surface area (Å²) in [6.45, 7) is -1.22. The van der Waals surface area contributed by atoms with Crippen LogP contribution in [0.5, 0.6) is 11.5 Å². The number of hydrogen-bond donors (Lipinski definition) is 4. The number of halogens is 1. The molecule has 1 saturated heterocycles. The monoisotopic (exact) mass is 484 g/mol. The van der Waals surface area contributed by atoms with Crippen molar-refractivity contribution in [3.8, 4) is 22.8 Å². The summed E-state index contributed by atoms with van der Waals surface area (Å²) >= 11 is 6.24. The van der Waals surface area contributed by atoms with E-state index < -0.39 is 55.2 Å². The van der Waals surface area contributed by atoms with Crippen LogP contribution in [-0.2, 0) is 4.57 Å². The van der Waals surface area contributed by atoms with E-state index in [0.717, 1.165) is 6.07 Å². The van der Waals surface area contributed by atoms with Crippen molar-refractivity contribution in [2.75, 3.05) is 20.1 Å². The van der Waals surface area contributed by atoms with Crippen LogP contribution in [0, 0.1) is 0 Å². The summed E-state index contributed by atoms with van der Waals surface area (Å²) in [6, 6.07) is 6.62. The van der Waals surface area contributed by atoms with Crippen molar-refractivity contribution in [2.24, 2.45) is 0 Å². The summed E-state index contributed by atoms with van der Waals surface area (Å²) in [5.41, 5.74) is -0.931. The van der Waals surface area contributed by atoms with Gasteiger partial charge in [0.1, 0.15) is 28.2 Å². The molecular weight excluding hydrogens is 461 g/mol. The molecule has 32 heavy (non-hydrogen) atoms. The molecule has 0 spiro atoms. The first kappa shape index (κ1) is 19.1. The largest absolute Gasteiger partial charge is 0.524 e. The molecule has 0 unspecified atom stereocenters. The predicted molar refractivity (Wildman–Crippen MR) is 118 cm³/mol. The molecule has 2 atom stereocenters. The molecule has 1 aliphatic heterocycles. The Labute approximate surface area is 191 Å². The van der Waals surface area contributed by atoms with E-state index in [0.29, 0.717) is 5.56 Å². The zero-order chi connectivity index (χ0) is 25.7. The summed E-state index contributed by atoms with van der Waals surface area (Å²) in [5.74, 6) is -2.55. The fourth-order valence-electron chi connectivity index (χ4n) is 3.86. The van der Waals surface area contributed by atoms with Crippen molar-refractivity contribution in [2.45, 2.75) is 18.4 Å². The first-order valence-corrected chi connectivity index (χ1v) is 11.4. The van der Waals surface area contributed by atoms with E-state index in [-0.39, 0.29) is 41.4 Å². The normalized spacial score (nSPS) is 21.3. The first-order valence-electron chi connectivity index (χ1n) is 11.1. The molecule has 0 amide bonds. The standard InChI is InChI=1S/C21H21ClNO8P/c1-23-7-6-12(16(26)10-23)19-14(24)9-18(31-32(27,28)29)20-15(25)8-17(30-21(19)20)11-4-2-3-5-13(11)22/h2-5,8-9,12,16,24,26H,6-7,10H2,1H3,(H2,27,28,29)/t12-,16+/m0/s1/i1D2,9D.